The van der Waals surface area contributed by atoms with E-state index in [2.05, 4.69) is 15.6 Å². The highest BCUT2D eigenvalue weighted by Crippen LogP contribution is 2.10. The first-order chi connectivity index (χ1) is 8.78. The molecule has 0 spiro atoms. The molecule has 1 unspecified atom stereocenters. The highest BCUT2D eigenvalue weighted by atomic mass is 16.5. The molecule has 100 valence electrons. The quantitative estimate of drug-likeness (QED) is 0.687. The molecule has 2 rings (SSSR count). The molecule has 1 aromatic heterocycles. The Bertz CT molecular complexity index is 387. The normalized spacial score (nSPS) is 19.1. The van der Waals surface area contributed by atoms with E-state index >= 15 is 0 Å². The number of nitrogens with one attached hydrogen (secondary N) is 1. The maximum Gasteiger partial charge on any atom is 0.241 e. The molecule has 1 atom stereocenters. The van der Waals surface area contributed by atoms with Crippen LogP contribution in [0.15, 0.2) is 6.20 Å². The fraction of sp³-hybridized carbons (Fsp3) is 0.727. The SMILES string of the molecule is O=C(Cn1cc(CCO)nn1)NCC1CCCO1. The Morgan fingerprint density at radius 2 is 2.56 bits per heavy atom. The van der Waals surface area contributed by atoms with E-state index < -0.39 is 0 Å². The van der Waals surface area contributed by atoms with Gasteiger partial charge in [0.15, 0.2) is 0 Å². The molecule has 7 nitrogen and oxygen atoms in total. The van der Waals surface area contributed by atoms with Crippen molar-refractivity contribution in [1.29, 1.82) is 0 Å². The van der Waals surface area contributed by atoms with Crippen molar-refractivity contribution in [3.05, 3.63) is 11.9 Å². The maximum absolute atomic E-state index is 11.6. The van der Waals surface area contributed by atoms with E-state index in [4.69, 9.17) is 9.84 Å². The van der Waals surface area contributed by atoms with E-state index in [9.17, 15) is 4.79 Å². The zero-order chi connectivity index (χ0) is 12.8. The van der Waals surface area contributed by atoms with Crippen LogP contribution in [0.25, 0.3) is 0 Å². The van der Waals surface area contributed by atoms with E-state index in [1.165, 1.54) is 4.68 Å². The van der Waals surface area contributed by atoms with Gasteiger partial charge in [-0.05, 0) is 12.8 Å². The minimum Gasteiger partial charge on any atom is -0.396 e. The van der Waals surface area contributed by atoms with Crippen LogP contribution in [0.5, 0.6) is 0 Å². The minimum absolute atomic E-state index is 0.0317. The van der Waals surface area contributed by atoms with Gasteiger partial charge in [0, 0.05) is 32.4 Å². The molecular weight excluding hydrogens is 236 g/mol. The van der Waals surface area contributed by atoms with Crippen LogP contribution in [0.3, 0.4) is 0 Å². The van der Waals surface area contributed by atoms with Crippen LogP contribution in [-0.4, -0.2) is 51.9 Å². The predicted molar refractivity (Wildman–Crippen MR) is 62.8 cm³/mol. The lowest BCUT2D eigenvalue weighted by atomic mass is 10.2. The number of ether oxygens (including phenoxy) is 1. The van der Waals surface area contributed by atoms with E-state index in [1.807, 2.05) is 0 Å². The molecule has 2 heterocycles. The summed E-state index contributed by atoms with van der Waals surface area (Å²) in [5, 5.41) is 19.2. The van der Waals surface area contributed by atoms with Gasteiger partial charge in [-0.2, -0.15) is 0 Å². The summed E-state index contributed by atoms with van der Waals surface area (Å²) in [6.45, 7) is 1.51. The molecule has 0 aliphatic carbocycles. The molecule has 0 saturated carbocycles. The summed E-state index contributed by atoms with van der Waals surface area (Å²) in [6.07, 6.45) is 4.34. The number of aliphatic hydroxyl groups is 1. The number of carbonyl (C=O) groups is 1. The second-order valence-corrected chi connectivity index (χ2v) is 4.32. The Hall–Kier alpha value is -1.47. The van der Waals surface area contributed by atoms with Crippen molar-refractivity contribution in [2.24, 2.45) is 0 Å². The molecular formula is C11H18N4O3. The van der Waals surface area contributed by atoms with Crippen molar-refractivity contribution in [2.75, 3.05) is 19.8 Å². The molecule has 7 heteroatoms. The molecule has 0 bridgehead atoms. The number of hydrogen-bond acceptors (Lipinski definition) is 5. The van der Waals surface area contributed by atoms with Crippen LogP contribution >= 0.6 is 0 Å². The lowest BCUT2D eigenvalue weighted by Gasteiger charge is -2.10. The van der Waals surface area contributed by atoms with Crippen LogP contribution in [0, 0.1) is 0 Å². The Kier molecular flexibility index (Phi) is 4.66. The zero-order valence-electron chi connectivity index (χ0n) is 10.2. The van der Waals surface area contributed by atoms with Gasteiger partial charge in [0.1, 0.15) is 6.54 Å². The molecule has 1 fully saturated rings. The molecule has 1 aliphatic rings. The summed E-state index contributed by atoms with van der Waals surface area (Å²) in [5.74, 6) is -0.106. The van der Waals surface area contributed by atoms with Gasteiger partial charge in [-0.3, -0.25) is 4.79 Å². The van der Waals surface area contributed by atoms with Crippen molar-refractivity contribution in [3.63, 3.8) is 0 Å². The number of aromatic nitrogens is 3. The van der Waals surface area contributed by atoms with Gasteiger partial charge >= 0.3 is 0 Å². The second kappa shape index (κ2) is 6.46. The smallest absolute Gasteiger partial charge is 0.241 e. The second-order valence-electron chi connectivity index (χ2n) is 4.32. The van der Waals surface area contributed by atoms with Crippen molar-refractivity contribution < 1.29 is 14.6 Å². The topological polar surface area (TPSA) is 89.3 Å². The van der Waals surface area contributed by atoms with E-state index in [1.54, 1.807) is 6.20 Å². The number of nitrogens with zero attached hydrogens (tertiary/aromatic N) is 3. The molecule has 1 aliphatic heterocycles. The lowest BCUT2D eigenvalue weighted by Crippen LogP contribution is -2.34. The van der Waals surface area contributed by atoms with Gasteiger partial charge in [-0.25, -0.2) is 4.68 Å². The average molecular weight is 254 g/mol. The third-order valence-corrected chi connectivity index (χ3v) is 2.81. The summed E-state index contributed by atoms with van der Waals surface area (Å²) in [4.78, 5) is 11.6. The maximum atomic E-state index is 11.6. The third-order valence-electron chi connectivity index (χ3n) is 2.81. The fourth-order valence-electron chi connectivity index (χ4n) is 1.88. The number of hydrogen-bond donors (Lipinski definition) is 2. The van der Waals surface area contributed by atoms with Gasteiger partial charge in [0.05, 0.1) is 11.8 Å². The molecule has 0 aromatic carbocycles. The van der Waals surface area contributed by atoms with E-state index in [-0.39, 0.29) is 25.2 Å². The summed E-state index contributed by atoms with van der Waals surface area (Å²) in [5.41, 5.74) is 0.685. The summed E-state index contributed by atoms with van der Waals surface area (Å²) < 4.78 is 6.88. The molecule has 1 saturated heterocycles. The van der Waals surface area contributed by atoms with Gasteiger partial charge < -0.3 is 15.2 Å². The van der Waals surface area contributed by atoms with E-state index in [0.29, 0.717) is 18.7 Å². The lowest BCUT2D eigenvalue weighted by molar-refractivity contribution is -0.122. The first kappa shape index (κ1) is 13.0. The van der Waals surface area contributed by atoms with Crippen LogP contribution in [0.1, 0.15) is 18.5 Å². The first-order valence-corrected chi connectivity index (χ1v) is 6.16. The highest BCUT2D eigenvalue weighted by molar-refractivity contribution is 5.75. The van der Waals surface area contributed by atoms with Crippen LogP contribution in [-0.2, 0) is 22.5 Å². The molecule has 18 heavy (non-hydrogen) atoms. The fourth-order valence-corrected chi connectivity index (χ4v) is 1.88. The van der Waals surface area contributed by atoms with Crippen molar-refractivity contribution in [3.8, 4) is 0 Å². The van der Waals surface area contributed by atoms with Crippen molar-refractivity contribution >= 4 is 5.91 Å². The Balaban J connectivity index is 1.72. The minimum atomic E-state index is -0.106. The van der Waals surface area contributed by atoms with Gasteiger partial charge in [0.2, 0.25) is 5.91 Å². The highest BCUT2D eigenvalue weighted by Gasteiger charge is 2.16. The Labute approximate surface area is 105 Å². The van der Waals surface area contributed by atoms with Crippen LogP contribution in [0.2, 0.25) is 0 Å². The molecule has 1 aromatic rings. The summed E-state index contributed by atoms with van der Waals surface area (Å²) in [7, 11) is 0. The Morgan fingerprint density at radius 3 is 3.28 bits per heavy atom. The average Bonchev–Trinajstić information content (AvgIpc) is 2.99. The summed E-state index contributed by atoms with van der Waals surface area (Å²) in [6, 6.07) is 0. The number of rotatable bonds is 6. The molecule has 1 amide bonds. The standard InChI is InChI=1S/C11H18N4O3/c16-4-3-9-7-15(14-13-9)8-11(17)12-6-10-2-1-5-18-10/h7,10,16H,1-6,8H2,(H,12,17). The molecule has 0 radical (unpaired) electrons. The van der Waals surface area contributed by atoms with E-state index in [0.717, 1.165) is 19.4 Å². The van der Waals surface area contributed by atoms with Crippen molar-refractivity contribution in [1.82, 2.24) is 20.3 Å². The zero-order valence-corrected chi connectivity index (χ0v) is 10.2. The number of aliphatic hydroxyl groups excluding tert-OH is 1. The van der Waals surface area contributed by atoms with Crippen LogP contribution < -0.4 is 5.32 Å². The largest absolute Gasteiger partial charge is 0.396 e. The third kappa shape index (κ3) is 3.78. The van der Waals surface area contributed by atoms with Gasteiger partial charge in [-0.1, -0.05) is 5.21 Å². The summed E-state index contributed by atoms with van der Waals surface area (Å²) >= 11 is 0. The number of amides is 1. The Morgan fingerprint density at radius 1 is 1.67 bits per heavy atom. The first-order valence-electron chi connectivity index (χ1n) is 6.16. The monoisotopic (exact) mass is 254 g/mol. The van der Waals surface area contributed by atoms with Crippen LogP contribution in [0.4, 0.5) is 0 Å². The molecule has 2 N–H and O–H groups in total. The van der Waals surface area contributed by atoms with Gasteiger partial charge in [0.25, 0.3) is 0 Å². The van der Waals surface area contributed by atoms with Gasteiger partial charge in [-0.15, -0.1) is 5.10 Å². The van der Waals surface area contributed by atoms with Crippen molar-refractivity contribution in [2.45, 2.75) is 31.9 Å². The predicted octanol–water partition coefficient (Wildman–Crippen LogP) is -0.892. The number of carbonyl (C=O) groups excluding carboxylic acids is 1.